The minimum absolute atomic E-state index is 0.278. The molecule has 0 aromatic heterocycles. The Kier molecular flexibility index (Phi) is 8.95. The fraction of sp³-hybridized carbons (Fsp3) is 0.909. The number of hydrogen-bond donors (Lipinski definition) is 0. The Morgan fingerprint density at radius 1 is 1.13 bits per heavy atom. The SMILES string of the molecule is CCCC(N=C(C)C)[SiH](OCC)OCC. The summed E-state index contributed by atoms with van der Waals surface area (Å²) < 4.78 is 11.4. The van der Waals surface area contributed by atoms with Gasteiger partial charge in [0.15, 0.2) is 0 Å². The average Bonchev–Trinajstić information content (AvgIpc) is 2.16. The van der Waals surface area contributed by atoms with Crippen molar-refractivity contribution in [3.63, 3.8) is 0 Å². The van der Waals surface area contributed by atoms with Gasteiger partial charge in [-0.25, -0.2) is 0 Å². The first-order valence-electron chi connectivity index (χ1n) is 5.89. The average molecular weight is 231 g/mol. The minimum atomic E-state index is -1.61. The van der Waals surface area contributed by atoms with Crippen LogP contribution in [0.4, 0.5) is 0 Å². The van der Waals surface area contributed by atoms with Crippen LogP contribution in [0.3, 0.4) is 0 Å². The lowest BCUT2D eigenvalue weighted by Gasteiger charge is -2.21. The molecule has 0 aliphatic carbocycles. The first-order chi connectivity index (χ1) is 7.15. The van der Waals surface area contributed by atoms with Crippen LogP contribution < -0.4 is 0 Å². The van der Waals surface area contributed by atoms with Crippen LogP contribution in [-0.4, -0.2) is 33.9 Å². The van der Waals surface area contributed by atoms with Crippen LogP contribution in [0.5, 0.6) is 0 Å². The van der Waals surface area contributed by atoms with Gasteiger partial charge in [-0.2, -0.15) is 0 Å². The van der Waals surface area contributed by atoms with E-state index in [9.17, 15) is 0 Å². The Labute approximate surface area is 95.7 Å². The molecule has 0 heterocycles. The van der Waals surface area contributed by atoms with Gasteiger partial charge >= 0.3 is 9.28 Å². The Balaban J connectivity index is 4.43. The lowest BCUT2D eigenvalue weighted by Crippen LogP contribution is -2.36. The second kappa shape index (κ2) is 9.06. The maximum atomic E-state index is 5.71. The molecular formula is C11H25NO2Si. The van der Waals surface area contributed by atoms with Crippen molar-refractivity contribution in [2.24, 2.45) is 4.99 Å². The fourth-order valence-electron chi connectivity index (χ4n) is 1.49. The van der Waals surface area contributed by atoms with E-state index in [1.165, 1.54) is 0 Å². The van der Waals surface area contributed by atoms with E-state index in [4.69, 9.17) is 8.85 Å². The maximum absolute atomic E-state index is 5.71. The Morgan fingerprint density at radius 3 is 2.00 bits per heavy atom. The van der Waals surface area contributed by atoms with Gasteiger partial charge < -0.3 is 8.85 Å². The van der Waals surface area contributed by atoms with Crippen LogP contribution in [0.15, 0.2) is 4.99 Å². The van der Waals surface area contributed by atoms with Crippen LogP contribution in [-0.2, 0) is 8.85 Å². The lowest BCUT2D eigenvalue weighted by atomic mass is 10.3. The topological polar surface area (TPSA) is 30.8 Å². The quantitative estimate of drug-likeness (QED) is 0.474. The molecule has 1 atom stereocenters. The smallest absolute Gasteiger partial charge is 0.346 e. The minimum Gasteiger partial charge on any atom is -0.396 e. The molecule has 0 fully saturated rings. The first kappa shape index (κ1) is 14.8. The van der Waals surface area contributed by atoms with Crippen LogP contribution in [0.2, 0.25) is 0 Å². The summed E-state index contributed by atoms with van der Waals surface area (Å²) in [6, 6.07) is 0. The summed E-state index contributed by atoms with van der Waals surface area (Å²) in [5.41, 5.74) is 1.39. The van der Waals surface area contributed by atoms with Gasteiger partial charge in [-0.05, 0) is 34.1 Å². The number of aliphatic imine (C=N–C) groups is 1. The molecule has 0 aromatic rings. The van der Waals surface area contributed by atoms with Gasteiger partial charge in [0.05, 0.1) is 5.67 Å². The van der Waals surface area contributed by atoms with Gasteiger partial charge in [0, 0.05) is 18.9 Å². The molecule has 0 N–H and O–H groups in total. The lowest BCUT2D eigenvalue weighted by molar-refractivity contribution is 0.203. The van der Waals surface area contributed by atoms with E-state index in [1.807, 2.05) is 27.7 Å². The van der Waals surface area contributed by atoms with E-state index in [-0.39, 0.29) is 5.67 Å². The molecule has 0 amide bonds. The predicted molar refractivity (Wildman–Crippen MR) is 67.9 cm³/mol. The third-order valence-corrected chi connectivity index (χ3v) is 4.42. The molecule has 4 heteroatoms. The van der Waals surface area contributed by atoms with Crippen LogP contribution >= 0.6 is 0 Å². The Morgan fingerprint density at radius 2 is 1.67 bits per heavy atom. The number of rotatable bonds is 8. The highest BCUT2D eigenvalue weighted by atomic mass is 28.3. The highest BCUT2D eigenvalue weighted by molar-refractivity contribution is 6.46. The molecule has 0 saturated carbocycles. The summed E-state index contributed by atoms with van der Waals surface area (Å²) in [6.45, 7) is 11.7. The normalized spacial score (nSPS) is 12.9. The standard InChI is InChI=1S/C11H25NO2Si/c1-6-9-11(12-10(4)5)15(13-7-2)14-8-3/h11,15H,6-9H2,1-5H3. The second-order valence-corrected chi connectivity index (χ2v) is 5.88. The van der Waals surface area contributed by atoms with Crippen molar-refractivity contribution < 1.29 is 8.85 Å². The van der Waals surface area contributed by atoms with E-state index >= 15 is 0 Å². The highest BCUT2D eigenvalue weighted by Crippen LogP contribution is 2.09. The summed E-state index contributed by atoms with van der Waals surface area (Å²) in [7, 11) is -1.61. The maximum Gasteiger partial charge on any atom is 0.346 e. The molecule has 0 radical (unpaired) electrons. The summed E-state index contributed by atoms with van der Waals surface area (Å²) in [6.07, 6.45) is 2.20. The Bertz CT molecular complexity index is 175. The second-order valence-electron chi connectivity index (χ2n) is 3.71. The van der Waals surface area contributed by atoms with Gasteiger partial charge in [-0.1, -0.05) is 13.3 Å². The van der Waals surface area contributed by atoms with E-state index in [1.54, 1.807) is 0 Å². The molecule has 1 unspecified atom stereocenters. The van der Waals surface area contributed by atoms with Crippen molar-refractivity contribution in [2.45, 2.75) is 53.1 Å². The van der Waals surface area contributed by atoms with Gasteiger partial charge in [-0.15, -0.1) is 0 Å². The molecule has 0 spiro atoms. The van der Waals surface area contributed by atoms with Gasteiger partial charge in [0.1, 0.15) is 0 Å². The molecule has 0 saturated heterocycles. The third-order valence-electron chi connectivity index (χ3n) is 1.98. The summed E-state index contributed by atoms with van der Waals surface area (Å²) in [5.74, 6) is 0. The monoisotopic (exact) mass is 231 g/mol. The van der Waals surface area contributed by atoms with Crippen molar-refractivity contribution in [3.05, 3.63) is 0 Å². The van der Waals surface area contributed by atoms with Crippen LogP contribution in [0, 0.1) is 0 Å². The number of hydrogen-bond acceptors (Lipinski definition) is 3. The van der Waals surface area contributed by atoms with Gasteiger partial charge in [0.25, 0.3) is 0 Å². The van der Waals surface area contributed by atoms with Crippen molar-refractivity contribution in [3.8, 4) is 0 Å². The van der Waals surface area contributed by atoms with E-state index < -0.39 is 9.28 Å². The van der Waals surface area contributed by atoms with Crippen LogP contribution in [0.25, 0.3) is 0 Å². The molecule has 0 rings (SSSR count). The van der Waals surface area contributed by atoms with Crippen molar-refractivity contribution in [2.75, 3.05) is 13.2 Å². The molecule has 0 aliphatic rings. The van der Waals surface area contributed by atoms with E-state index in [2.05, 4.69) is 11.9 Å². The zero-order chi connectivity index (χ0) is 11.7. The molecule has 15 heavy (non-hydrogen) atoms. The predicted octanol–water partition coefficient (Wildman–Crippen LogP) is 2.47. The van der Waals surface area contributed by atoms with Gasteiger partial charge in [-0.3, -0.25) is 4.99 Å². The zero-order valence-electron chi connectivity index (χ0n) is 10.7. The summed E-state index contributed by atoms with van der Waals surface area (Å²) in [5, 5.41) is 0. The molecule has 0 aromatic carbocycles. The molecule has 0 bridgehead atoms. The number of nitrogens with zero attached hydrogens (tertiary/aromatic N) is 1. The summed E-state index contributed by atoms with van der Waals surface area (Å²) in [4.78, 5) is 4.63. The highest BCUT2D eigenvalue weighted by Gasteiger charge is 2.24. The first-order valence-corrected chi connectivity index (χ1v) is 7.50. The summed E-state index contributed by atoms with van der Waals surface area (Å²) >= 11 is 0. The fourth-order valence-corrected chi connectivity index (χ4v) is 3.71. The molecule has 3 nitrogen and oxygen atoms in total. The van der Waals surface area contributed by atoms with Crippen molar-refractivity contribution in [1.29, 1.82) is 0 Å². The van der Waals surface area contributed by atoms with Crippen molar-refractivity contribution >= 4 is 15.0 Å². The molecule has 0 aliphatic heterocycles. The third kappa shape index (κ3) is 6.81. The van der Waals surface area contributed by atoms with Crippen LogP contribution in [0.1, 0.15) is 47.5 Å². The van der Waals surface area contributed by atoms with Gasteiger partial charge in [0.2, 0.25) is 0 Å². The van der Waals surface area contributed by atoms with E-state index in [0.29, 0.717) is 0 Å². The molecular weight excluding hydrogens is 206 g/mol. The largest absolute Gasteiger partial charge is 0.396 e. The van der Waals surface area contributed by atoms with Crippen molar-refractivity contribution in [1.82, 2.24) is 0 Å². The molecule has 90 valence electrons. The zero-order valence-corrected chi connectivity index (χ0v) is 11.9. The van der Waals surface area contributed by atoms with E-state index in [0.717, 1.165) is 31.8 Å². The Hall–Kier alpha value is -0.193.